The summed E-state index contributed by atoms with van der Waals surface area (Å²) in [6.07, 6.45) is 5.56. The number of aromatic nitrogens is 6. The molecule has 0 aliphatic heterocycles. The minimum absolute atomic E-state index is 0.467. The van der Waals surface area contributed by atoms with Crippen LogP contribution in [0.25, 0.3) is 0 Å². The van der Waals surface area contributed by atoms with Crippen LogP contribution in [0.3, 0.4) is 0 Å². The summed E-state index contributed by atoms with van der Waals surface area (Å²) in [4.78, 5) is 0. The molecule has 3 aromatic heterocycles. The molecule has 0 atom stereocenters. The Morgan fingerprint density at radius 2 is 1.76 bits per heavy atom. The molecule has 8 nitrogen and oxygen atoms in total. The fourth-order valence-electron chi connectivity index (χ4n) is 3.77. The molecule has 0 spiro atoms. The number of hydrogen-bond donors (Lipinski definition) is 2. The molecule has 178 valence electrons. The fraction of sp³-hybridized carbons (Fsp3) is 0.304. The molecular formula is C23H26Cl2N8S. The van der Waals surface area contributed by atoms with Crippen molar-refractivity contribution in [2.75, 3.05) is 10.6 Å². The third-order valence-corrected chi connectivity index (χ3v) is 6.61. The van der Waals surface area contributed by atoms with E-state index < -0.39 is 0 Å². The van der Waals surface area contributed by atoms with Gasteiger partial charge in [-0.2, -0.15) is 15.3 Å². The zero-order valence-corrected chi connectivity index (χ0v) is 21.8. The minimum Gasteiger partial charge on any atom is -0.330 e. The lowest BCUT2D eigenvalue weighted by Gasteiger charge is -2.10. The molecule has 0 unspecified atom stereocenters. The van der Waals surface area contributed by atoms with E-state index in [1.807, 2.05) is 52.4 Å². The fourth-order valence-corrected chi connectivity index (χ4v) is 4.31. The van der Waals surface area contributed by atoms with Gasteiger partial charge in [0, 0.05) is 24.0 Å². The van der Waals surface area contributed by atoms with Crippen LogP contribution in [0.4, 0.5) is 11.4 Å². The second-order valence-corrected chi connectivity index (χ2v) is 9.25. The smallest absolute Gasteiger partial charge is 0.175 e. The number of nitrogens with zero attached hydrogens (tertiary/aromatic N) is 6. The summed E-state index contributed by atoms with van der Waals surface area (Å²) in [5, 5.41) is 21.5. The molecule has 0 saturated carbocycles. The van der Waals surface area contributed by atoms with Gasteiger partial charge in [0.05, 0.1) is 58.3 Å². The quantitative estimate of drug-likeness (QED) is 0.318. The topological polar surface area (TPSA) is 77.5 Å². The van der Waals surface area contributed by atoms with Gasteiger partial charge >= 0.3 is 0 Å². The highest BCUT2D eigenvalue weighted by molar-refractivity contribution is 7.80. The number of thiocarbonyl (C=S) groups is 1. The first-order chi connectivity index (χ1) is 16.2. The molecule has 1 aromatic carbocycles. The molecule has 11 heteroatoms. The molecule has 0 aliphatic carbocycles. The van der Waals surface area contributed by atoms with Crippen molar-refractivity contribution >= 4 is 51.9 Å². The first kappa shape index (κ1) is 24.3. The third-order valence-electron chi connectivity index (χ3n) is 5.66. The maximum absolute atomic E-state index is 6.15. The van der Waals surface area contributed by atoms with E-state index in [1.54, 1.807) is 12.3 Å². The molecule has 0 fully saturated rings. The lowest BCUT2D eigenvalue weighted by atomic mass is 10.2. The van der Waals surface area contributed by atoms with E-state index in [4.69, 9.17) is 35.4 Å². The van der Waals surface area contributed by atoms with Gasteiger partial charge in [-0.3, -0.25) is 14.0 Å². The Labute approximate surface area is 213 Å². The van der Waals surface area contributed by atoms with Crippen molar-refractivity contribution in [3.63, 3.8) is 0 Å². The van der Waals surface area contributed by atoms with Crippen LogP contribution < -0.4 is 10.6 Å². The average Bonchev–Trinajstić information content (AvgIpc) is 3.46. The molecule has 0 saturated heterocycles. The number of benzene rings is 1. The Bertz CT molecular complexity index is 1340. The molecule has 4 rings (SSSR count). The predicted molar refractivity (Wildman–Crippen MR) is 141 cm³/mol. The molecule has 2 N–H and O–H groups in total. The first-order valence-electron chi connectivity index (χ1n) is 10.8. The zero-order valence-electron chi connectivity index (χ0n) is 19.4. The number of rotatable bonds is 7. The summed E-state index contributed by atoms with van der Waals surface area (Å²) >= 11 is 17.7. The van der Waals surface area contributed by atoms with Crippen LogP contribution in [0, 0.1) is 20.8 Å². The van der Waals surface area contributed by atoms with Gasteiger partial charge in [-0.05, 0) is 57.6 Å². The molecule has 0 amide bonds. The van der Waals surface area contributed by atoms with Crippen molar-refractivity contribution < 1.29 is 0 Å². The second-order valence-electron chi connectivity index (χ2n) is 8.03. The van der Waals surface area contributed by atoms with E-state index in [-0.39, 0.29) is 0 Å². The van der Waals surface area contributed by atoms with Gasteiger partial charge < -0.3 is 10.6 Å². The summed E-state index contributed by atoms with van der Waals surface area (Å²) in [7, 11) is 0. The normalized spacial score (nSPS) is 11.1. The molecule has 4 aromatic rings. The molecule has 0 aliphatic rings. The van der Waals surface area contributed by atoms with Crippen LogP contribution in [0.2, 0.25) is 10.0 Å². The summed E-state index contributed by atoms with van der Waals surface area (Å²) in [5.74, 6) is 0. The van der Waals surface area contributed by atoms with E-state index in [1.165, 1.54) is 0 Å². The van der Waals surface area contributed by atoms with Crippen LogP contribution >= 0.6 is 35.4 Å². The van der Waals surface area contributed by atoms with Crippen molar-refractivity contribution in [1.29, 1.82) is 0 Å². The van der Waals surface area contributed by atoms with Crippen LogP contribution in [0.5, 0.6) is 0 Å². The Kier molecular flexibility index (Phi) is 7.25. The summed E-state index contributed by atoms with van der Waals surface area (Å²) in [5.41, 5.74) is 6.78. The number of hydrogen-bond acceptors (Lipinski definition) is 4. The van der Waals surface area contributed by atoms with Gasteiger partial charge in [-0.25, -0.2) is 0 Å². The zero-order chi connectivity index (χ0) is 24.4. The first-order valence-corrected chi connectivity index (χ1v) is 12.0. The van der Waals surface area contributed by atoms with Crippen molar-refractivity contribution in [3.05, 3.63) is 75.0 Å². The van der Waals surface area contributed by atoms with Crippen LogP contribution in [-0.2, 0) is 19.6 Å². The van der Waals surface area contributed by atoms with Gasteiger partial charge in [0.25, 0.3) is 0 Å². The van der Waals surface area contributed by atoms with E-state index in [0.29, 0.717) is 28.2 Å². The van der Waals surface area contributed by atoms with Crippen molar-refractivity contribution in [2.24, 2.45) is 0 Å². The van der Waals surface area contributed by atoms with Crippen LogP contribution in [-0.4, -0.2) is 34.5 Å². The number of nitrogens with one attached hydrogen (secondary N) is 2. The number of aryl methyl sites for hydroxylation is 2. The van der Waals surface area contributed by atoms with Gasteiger partial charge in [-0.1, -0.05) is 29.3 Å². The molecule has 0 bridgehead atoms. The summed E-state index contributed by atoms with van der Waals surface area (Å²) < 4.78 is 5.75. The highest BCUT2D eigenvalue weighted by Gasteiger charge is 2.14. The summed E-state index contributed by atoms with van der Waals surface area (Å²) in [6, 6.07) is 5.59. The average molecular weight is 517 g/mol. The van der Waals surface area contributed by atoms with E-state index in [9.17, 15) is 0 Å². The number of halogens is 2. The lowest BCUT2D eigenvalue weighted by Crippen LogP contribution is -2.19. The molecule has 0 radical (unpaired) electrons. The Hall–Kier alpha value is -2.88. The van der Waals surface area contributed by atoms with Gasteiger partial charge in [0.1, 0.15) is 0 Å². The predicted octanol–water partition coefficient (Wildman–Crippen LogP) is 5.43. The largest absolute Gasteiger partial charge is 0.330 e. The van der Waals surface area contributed by atoms with Crippen LogP contribution in [0.1, 0.15) is 35.1 Å². The van der Waals surface area contributed by atoms with Crippen LogP contribution in [0.15, 0.2) is 36.8 Å². The Balaban J connectivity index is 1.40. The third kappa shape index (κ3) is 5.27. The van der Waals surface area contributed by atoms with Gasteiger partial charge in [-0.15, -0.1) is 0 Å². The Morgan fingerprint density at radius 1 is 0.971 bits per heavy atom. The maximum Gasteiger partial charge on any atom is 0.175 e. The molecular weight excluding hydrogens is 491 g/mol. The highest BCUT2D eigenvalue weighted by atomic mass is 35.5. The number of anilines is 2. The molecule has 34 heavy (non-hydrogen) atoms. The molecule has 3 heterocycles. The maximum atomic E-state index is 6.15. The van der Waals surface area contributed by atoms with E-state index >= 15 is 0 Å². The van der Waals surface area contributed by atoms with E-state index in [0.717, 1.165) is 46.1 Å². The van der Waals surface area contributed by atoms with Crippen molar-refractivity contribution in [3.8, 4) is 0 Å². The van der Waals surface area contributed by atoms with Gasteiger partial charge in [0.2, 0.25) is 0 Å². The van der Waals surface area contributed by atoms with Gasteiger partial charge in [0.15, 0.2) is 5.11 Å². The SMILES string of the molecule is CCn1ncc(Cn2cc(NC(=S)Nc3c(C)nn(Cc4ccc(Cl)c(Cl)c4)c3C)cn2)c1C. The second kappa shape index (κ2) is 10.2. The monoisotopic (exact) mass is 516 g/mol. The Morgan fingerprint density at radius 3 is 2.47 bits per heavy atom. The van der Waals surface area contributed by atoms with Crippen molar-refractivity contribution in [1.82, 2.24) is 29.3 Å². The van der Waals surface area contributed by atoms with Crippen molar-refractivity contribution in [2.45, 2.75) is 47.3 Å². The highest BCUT2D eigenvalue weighted by Crippen LogP contribution is 2.25. The minimum atomic E-state index is 0.467. The standard InChI is InChI=1S/C23H26Cl2N8S/c1-5-32-15(3)18(9-27-32)12-31-13-19(10-26-31)28-23(34)29-22-14(2)30-33(16(22)4)11-17-6-7-20(24)21(25)8-17/h6-10,13H,5,11-12H2,1-4H3,(H2,28,29,34). The summed E-state index contributed by atoms with van der Waals surface area (Å²) in [6.45, 7) is 10.2. The van der Waals surface area contributed by atoms with E-state index in [2.05, 4.69) is 39.8 Å². The lowest BCUT2D eigenvalue weighted by molar-refractivity contribution is 0.633.